The summed E-state index contributed by atoms with van der Waals surface area (Å²) in [5.41, 5.74) is 0. The summed E-state index contributed by atoms with van der Waals surface area (Å²) in [5.74, 6) is -0.430. The van der Waals surface area contributed by atoms with Crippen LogP contribution in [0.2, 0.25) is 0 Å². The van der Waals surface area contributed by atoms with Crippen LogP contribution in [0.1, 0.15) is 0 Å². The molecule has 0 atom stereocenters. The Morgan fingerprint density at radius 2 is 2.08 bits per heavy atom. The van der Waals surface area contributed by atoms with Crippen molar-refractivity contribution < 1.29 is 19.2 Å². The van der Waals surface area contributed by atoms with E-state index in [1.807, 2.05) is 0 Å². The van der Waals surface area contributed by atoms with Crippen molar-refractivity contribution >= 4 is 12.0 Å². The Balaban J connectivity index is 3.64. The van der Waals surface area contributed by atoms with Crippen LogP contribution in [0.4, 0.5) is 4.79 Å². The lowest BCUT2D eigenvalue weighted by atomic mass is 10.6. The number of rotatable bonds is 3. The van der Waals surface area contributed by atoms with E-state index < -0.39 is 12.0 Å². The molecule has 0 aliphatic carbocycles. The van der Waals surface area contributed by atoms with Gasteiger partial charge >= 0.3 is 6.09 Å². The van der Waals surface area contributed by atoms with Gasteiger partial charge < -0.3 is 10.1 Å². The Kier molecular flexibility index (Phi) is 4.78. The van der Waals surface area contributed by atoms with Crippen LogP contribution < -0.4 is 5.32 Å². The van der Waals surface area contributed by atoms with Crippen LogP contribution in [0.15, 0.2) is 0 Å². The second-order valence-electron chi connectivity index (χ2n) is 1.90. The zero-order valence-corrected chi connectivity index (χ0v) is 7.29. The Hall–Kier alpha value is -1.30. The van der Waals surface area contributed by atoms with Gasteiger partial charge in [0.1, 0.15) is 0 Å². The summed E-state index contributed by atoms with van der Waals surface area (Å²) in [6.45, 7) is -0.329. The Bertz CT molecular complexity index is 171. The fourth-order valence-electron chi connectivity index (χ4n) is 0.392. The Morgan fingerprint density at radius 1 is 1.50 bits per heavy atom. The molecule has 0 rings (SSSR count). The summed E-state index contributed by atoms with van der Waals surface area (Å²) in [6, 6.07) is 0. The summed E-state index contributed by atoms with van der Waals surface area (Å²) in [5, 5.41) is 3.18. The lowest BCUT2D eigenvalue weighted by Gasteiger charge is -2.12. The van der Waals surface area contributed by atoms with E-state index >= 15 is 0 Å². The monoisotopic (exact) mass is 176 g/mol. The maximum Gasteiger partial charge on any atom is 0.407 e. The zero-order chi connectivity index (χ0) is 9.56. The molecule has 2 amide bonds. The van der Waals surface area contributed by atoms with Crippen LogP contribution in [0.25, 0.3) is 0 Å². The summed E-state index contributed by atoms with van der Waals surface area (Å²) in [7, 11) is 4.18. The molecule has 12 heavy (non-hydrogen) atoms. The van der Waals surface area contributed by atoms with Gasteiger partial charge in [0.15, 0.2) is 6.61 Å². The van der Waals surface area contributed by atoms with Crippen LogP contribution in [0.3, 0.4) is 0 Å². The van der Waals surface area contributed by atoms with E-state index in [1.54, 1.807) is 0 Å². The quantitative estimate of drug-likeness (QED) is 0.581. The van der Waals surface area contributed by atoms with Crippen LogP contribution in [-0.2, 0) is 14.4 Å². The first-order valence-electron chi connectivity index (χ1n) is 3.27. The molecule has 0 aliphatic heterocycles. The van der Waals surface area contributed by atoms with Crippen molar-refractivity contribution in [3.63, 3.8) is 0 Å². The molecule has 70 valence electrons. The van der Waals surface area contributed by atoms with Gasteiger partial charge in [-0.3, -0.25) is 9.63 Å². The summed E-state index contributed by atoms with van der Waals surface area (Å²) >= 11 is 0. The molecule has 0 saturated carbocycles. The molecular formula is C6H12N2O4. The minimum Gasteiger partial charge on any atom is -0.439 e. The predicted octanol–water partition coefficient (Wildman–Crippen LogP) is -0.638. The van der Waals surface area contributed by atoms with Crippen LogP contribution in [-0.4, -0.2) is 44.9 Å². The van der Waals surface area contributed by atoms with E-state index in [9.17, 15) is 9.59 Å². The van der Waals surface area contributed by atoms with E-state index in [4.69, 9.17) is 0 Å². The van der Waals surface area contributed by atoms with Crippen molar-refractivity contribution in [2.45, 2.75) is 0 Å². The number of hydrogen-bond donors (Lipinski definition) is 1. The number of amides is 2. The number of nitrogens with zero attached hydrogens (tertiary/aromatic N) is 1. The molecule has 1 N–H and O–H groups in total. The summed E-state index contributed by atoms with van der Waals surface area (Å²) in [6.07, 6.45) is -0.646. The molecule has 0 aromatic heterocycles. The average molecular weight is 176 g/mol. The molecule has 0 unspecified atom stereocenters. The molecule has 0 aliphatic rings. The first-order chi connectivity index (χ1) is 5.61. The molecule has 0 fully saturated rings. The summed E-state index contributed by atoms with van der Waals surface area (Å²) in [4.78, 5) is 25.9. The van der Waals surface area contributed by atoms with Crippen molar-refractivity contribution in [3.8, 4) is 0 Å². The lowest BCUT2D eigenvalue weighted by Crippen LogP contribution is -2.32. The summed E-state index contributed by atoms with van der Waals surface area (Å²) < 4.78 is 4.45. The van der Waals surface area contributed by atoms with Gasteiger partial charge in [-0.15, -0.1) is 0 Å². The predicted molar refractivity (Wildman–Crippen MR) is 40.2 cm³/mol. The molecule has 0 bridgehead atoms. The van der Waals surface area contributed by atoms with E-state index in [2.05, 4.69) is 14.9 Å². The van der Waals surface area contributed by atoms with Crippen molar-refractivity contribution in [2.75, 3.05) is 27.8 Å². The van der Waals surface area contributed by atoms with E-state index in [1.165, 1.54) is 21.2 Å². The van der Waals surface area contributed by atoms with Crippen LogP contribution >= 0.6 is 0 Å². The molecule has 6 nitrogen and oxygen atoms in total. The van der Waals surface area contributed by atoms with E-state index in [0.29, 0.717) is 0 Å². The first-order valence-corrected chi connectivity index (χ1v) is 3.27. The number of alkyl carbamates (subject to hydrolysis) is 1. The molecule has 0 radical (unpaired) electrons. The van der Waals surface area contributed by atoms with Crippen molar-refractivity contribution in [3.05, 3.63) is 0 Å². The Labute approximate surface area is 70.4 Å². The fourth-order valence-corrected chi connectivity index (χ4v) is 0.392. The standard InChI is InChI=1S/C6H12N2O4/c1-7-6(10)12-4-5(9)8(2)11-3/h4H2,1-3H3,(H,7,10). The number of nitrogens with one attached hydrogen (secondary N) is 1. The fraction of sp³-hybridized carbons (Fsp3) is 0.667. The number of likely N-dealkylation sites (N-methyl/N-ethyl adjacent to an activating group) is 1. The molecule has 0 spiro atoms. The zero-order valence-electron chi connectivity index (χ0n) is 7.29. The molecule has 0 aromatic carbocycles. The van der Waals surface area contributed by atoms with Gasteiger partial charge in [0.25, 0.3) is 5.91 Å². The third-order valence-electron chi connectivity index (χ3n) is 1.16. The highest BCUT2D eigenvalue weighted by Gasteiger charge is 2.09. The highest BCUT2D eigenvalue weighted by Crippen LogP contribution is 1.85. The Morgan fingerprint density at radius 3 is 2.50 bits per heavy atom. The average Bonchev–Trinajstić information content (AvgIpc) is 2.11. The number of carbonyl (C=O) groups is 2. The topological polar surface area (TPSA) is 67.9 Å². The SMILES string of the molecule is CNC(=O)OCC(=O)N(C)OC. The number of carbonyl (C=O) groups excluding carboxylic acids is 2. The number of hydroxylamine groups is 2. The van der Waals surface area contributed by atoms with Gasteiger partial charge in [0.2, 0.25) is 0 Å². The second kappa shape index (κ2) is 5.36. The van der Waals surface area contributed by atoms with Crippen molar-refractivity contribution in [2.24, 2.45) is 0 Å². The van der Waals surface area contributed by atoms with Gasteiger partial charge in [-0.1, -0.05) is 0 Å². The molecular weight excluding hydrogens is 164 g/mol. The van der Waals surface area contributed by atoms with E-state index in [0.717, 1.165) is 5.06 Å². The molecule has 0 saturated heterocycles. The largest absolute Gasteiger partial charge is 0.439 e. The molecule has 6 heteroatoms. The highest BCUT2D eigenvalue weighted by atomic mass is 16.7. The number of ether oxygens (including phenoxy) is 1. The third-order valence-corrected chi connectivity index (χ3v) is 1.16. The van der Waals surface area contributed by atoms with Crippen LogP contribution in [0, 0.1) is 0 Å². The van der Waals surface area contributed by atoms with E-state index in [-0.39, 0.29) is 6.61 Å². The minimum atomic E-state index is -0.646. The third kappa shape index (κ3) is 3.77. The smallest absolute Gasteiger partial charge is 0.407 e. The maximum absolute atomic E-state index is 10.9. The minimum absolute atomic E-state index is 0.329. The first kappa shape index (κ1) is 10.7. The van der Waals surface area contributed by atoms with Gasteiger partial charge in [-0.05, 0) is 0 Å². The maximum atomic E-state index is 10.9. The highest BCUT2D eigenvalue weighted by molar-refractivity contribution is 5.79. The molecule has 0 aromatic rings. The van der Waals surface area contributed by atoms with Gasteiger partial charge in [-0.25, -0.2) is 9.86 Å². The van der Waals surface area contributed by atoms with Gasteiger partial charge in [0, 0.05) is 14.1 Å². The second-order valence-corrected chi connectivity index (χ2v) is 1.90. The van der Waals surface area contributed by atoms with Crippen LogP contribution in [0.5, 0.6) is 0 Å². The van der Waals surface area contributed by atoms with Crippen molar-refractivity contribution in [1.82, 2.24) is 10.4 Å². The van der Waals surface area contributed by atoms with Gasteiger partial charge in [0.05, 0.1) is 7.11 Å². The number of hydrogen-bond acceptors (Lipinski definition) is 4. The van der Waals surface area contributed by atoms with Crippen molar-refractivity contribution in [1.29, 1.82) is 0 Å². The lowest BCUT2D eigenvalue weighted by molar-refractivity contribution is -0.171. The van der Waals surface area contributed by atoms with Gasteiger partial charge in [-0.2, -0.15) is 0 Å². The normalized spacial score (nSPS) is 8.92. The molecule has 0 heterocycles.